The van der Waals surface area contributed by atoms with Crippen LogP contribution < -0.4 is 10.2 Å². The minimum atomic E-state index is -3.44. The number of nitrogens with zero attached hydrogens (tertiary/aromatic N) is 5. The molecule has 10 heteroatoms. The Bertz CT molecular complexity index is 827. The number of pyridine rings is 1. The first-order valence-electron chi connectivity index (χ1n) is 11.1. The molecule has 3 saturated heterocycles. The zero-order valence-electron chi connectivity index (χ0n) is 17.5. The fourth-order valence-corrected chi connectivity index (χ4v) is 6.10. The fraction of sp³-hybridized carbons (Fsp3) is 0.700. The lowest BCUT2D eigenvalue weighted by Crippen LogP contribution is -2.55. The van der Waals surface area contributed by atoms with Crippen LogP contribution in [0.15, 0.2) is 18.3 Å². The van der Waals surface area contributed by atoms with Crippen molar-refractivity contribution in [2.45, 2.75) is 38.5 Å². The summed E-state index contributed by atoms with van der Waals surface area (Å²) < 4.78 is 29.1. The van der Waals surface area contributed by atoms with Crippen LogP contribution in [0.4, 0.5) is 16.3 Å². The van der Waals surface area contributed by atoms with Crippen molar-refractivity contribution in [3.63, 3.8) is 0 Å². The number of carbonyl (C=O) groups is 1. The van der Waals surface area contributed by atoms with Crippen molar-refractivity contribution in [3.05, 3.63) is 18.3 Å². The zero-order valence-corrected chi connectivity index (χ0v) is 18.3. The number of anilines is 2. The first kappa shape index (κ1) is 21.3. The van der Waals surface area contributed by atoms with E-state index >= 15 is 0 Å². The molecule has 4 rings (SSSR count). The van der Waals surface area contributed by atoms with Crippen LogP contribution >= 0.6 is 0 Å². The molecule has 0 saturated carbocycles. The molecule has 9 nitrogen and oxygen atoms in total. The highest BCUT2D eigenvalue weighted by molar-refractivity contribution is 7.86. The molecule has 3 aliphatic heterocycles. The predicted molar refractivity (Wildman–Crippen MR) is 117 cm³/mol. The van der Waals surface area contributed by atoms with Crippen LogP contribution in [0.2, 0.25) is 0 Å². The molecule has 4 heterocycles. The Morgan fingerprint density at radius 1 is 0.833 bits per heavy atom. The van der Waals surface area contributed by atoms with E-state index in [-0.39, 0.29) is 6.03 Å². The highest BCUT2D eigenvalue weighted by atomic mass is 32.2. The van der Waals surface area contributed by atoms with E-state index in [0.29, 0.717) is 45.0 Å². The van der Waals surface area contributed by atoms with Gasteiger partial charge in [0.05, 0.1) is 5.69 Å². The van der Waals surface area contributed by atoms with Crippen LogP contribution in [0, 0.1) is 0 Å². The Kier molecular flexibility index (Phi) is 6.74. The Labute approximate surface area is 179 Å². The van der Waals surface area contributed by atoms with Crippen molar-refractivity contribution in [2.75, 3.05) is 62.6 Å². The smallest absolute Gasteiger partial charge is 0.322 e. The second-order valence-corrected chi connectivity index (χ2v) is 10.1. The molecule has 0 bridgehead atoms. The quantitative estimate of drug-likeness (QED) is 0.779. The van der Waals surface area contributed by atoms with E-state index in [0.717, 1.165) is 57.4 Å². The summed E-state index contributed by atoms with van der Waals surface area (Å²) in [4.78, 5) is 21.2. The Morgan fingerprint density at radius 2 is 1.43 bits per heavy atom. The lowest BCUT2D eigenvalue weighted by Gasteiger charge is -2.36. The van der Waals surface area contributed by atoms with Gasteiger partial charge in [-0.1, -0.05) is 12.8 Å². The summed E-state index contributed by atoms with van der Waals surface area (Å²) in [5, 5.41) is 2.99. The van der Waals surface area contributed by atoms with Gasteiger partial charge in [-0.05, 0) is 37.8 Å². The molecule has 1 aromatic heterocycles. The second kappa shape index (κ2) is 9.49. The van der Waals surface area contributed by atoms with E-state index < -0.39 is 10.2 Å². The van der Waals surface area contributed by atoms with Gasteiger partial charge in [0, 0.05) is 58.6 Å². The van der Waals surface area contributed by atoms with E-state index in [1.54, 1.807) is 15.4 Å². The van der Waals surface area contributed by atoms with Gasteiger partial charge < -0.3 is 15.1 Å². The number of piperazine rings is 1. The monoisotopic (exact) mass is 436 g/mol. The SMILES string of the molecule is O=C(Nc1cccnc1N1CCCC1)N1CCN(S(=O)(=O)N2CCCCCC2)CC1. The molecule has 3 fully saturated rings. The van der Waals surface area contributed by atoms with E-state index in [2.05, 4.69) is 15.2 Å². The van der Waals surface area contributed by atoms with Crippen molar-refractivity contribution in [3.8, 4) is 0 Å². The largest absolute Gasteiger partial charge is 0.355 e. The number of carbonyl (C=O) groups excluding carboxylic acids is 1. The summed E-state index contributed by atoms with van der Waals surface area (Å²) >= 11 is 0. The molecule has 0 spiro atoms. The van der Waals surface area contributed by atoms with Crippen molar-refractivity contribution in [2.24, 2.45) is 0 Å². The van der Waals surface area contributed by atoms with Gasteiger partial charge in [0.2, 0.25) is 0 Å². The summed E-state index contributed by atoms with van der Waals surface area (Å²) in [6.07, 6.45) is 8.05. The molecule has 0 unspecified atom stereocenters. The fourth-order valence-electron chi connectivity index (χ4n) is 4.43. The molecule has 166 valence electrons. The van der Waals surface area contributed by atoms with Gasteiger partial charge in [-0.3, -0.25) is 0 Å². The van der Waals surface area contributed by atoms with Gasteiger partial charge in [0.15, 0.2) is 5.82 Å². The van der Waals surface area contributed by atoms with Crippen molar-refractivity contribution in [1.29, 1.82) is 0 Å². The lowest BCUT2D eigenvalue weighted by atomic mass is 10.2. The maximum atomic E-state index is 13.0. The van der Waals surface area contributed by atoms with Gasteiger partial charge in [0.1, 0.15) is 0 Å². The topological polar surface area (TPSA) is 89.1 Å². The molecule has 30 heavy (non-hydrogen) atoms. The average Bonchev–Trinajstić information content (AvgIpc) is 3.15. The first-order chi connectivity index (χ1) is 14.6. The molecule has 0 radical (unpaired) electrons. The molecule has 1 aromatic rings. The Balaban J connectivity index is 1.35. The number of aromatic nitrogens is 1. The number of rotatable bonds is 4. The third-order valence-electron chi connectivity index (χ3n) is 6.18. The molecule has 2 amide bonds. The lowest BCUT2D eigenvalue weighted by molar-refractivity contribution is 0.180. The van der Waals surface area contributed by atoms with Crippen molar-refractivity contribution < 1.29 is 13.2 Å². The van der Waals surface area contributed by atoms with E-state index in [4.69, 9.17) is 0 Å². The number of hydrogen-bond donors (Lipinski definition) is 1. The predicted octanol–water partition coefficient (Wildman–Crippen LogP) is 1.95. The number of hydrogen-bond acceptors (Lipinski definition) is 5. The summed E-state index contributed by atoms with van der Waals surface area (Å²) in [7, 11) is -3.44. The summed E-state index contributed by atoms with van der Waals surface area (Å²) in [5.41, 5.74) is 0.712. The van der Waals surface area contributed by atoms with E-state index in [1.165, 1.54) is 4.31 Å². The third kappa shape index (κ3) is 4.70. The zero-order chi connectivity index (χ0) is 21.0. The number of urea groups is 1. The maximum absolute atomic E-state index is 13.0. The van der Waals surface area contributed by atoms with E-state index in [9.17, 15) is 13.2 Å². The van der Waals surface area contributed by atoms with Crippen LogP contribution in [0.5, 0.6) is 0 Å². The molecule has 0 aromatic carbocycles. The van der Waals surface area contributed by atoms with Gasteiger partial charge in [0.25, 0.3) is 10.2 Å². The second-order valence-electron chi connectivity index (χ2n) is 8.21. The van der Waals surface area contributed by atoms with Crippen molar-refractivity contribution in [1.82, 2.24) is 18.5 Å². The first-order valence-corrected chi connectivity index (χ1v) is 12.5. The molecule has 0 aliphatic carbocycles. The maximum Gasteiger partial charge on any atom is 0.322 e. The van der Waals surface area contributed by atoms with Crippen LogP contribution in [0.1, 0.15) is 38.5 Å². The molecular formula is C20H32N6O3S. The minimum absolute atomic E-state index is 0.199. The molecule has 0 atom stereocenters. The van der Waals surface area contributed by atoms with Crippen LogP contribution in [0.25, 0.3) is 0 Å². The highest BCUT2D eigenvalue weighted by Gasteiger charge is 2.33. The number of nitrogens with one attached hydrogen (secondary N) is 1. The molecular weight excluding hydrogens is 404 g/mol. The average molecular weight is 437 g/mol. The van der Waals surface area contributed by atoms with Crippen molar-refractivity contribution >= 4 is 27.7 Å². The Morgan fingerprint density at radius 3 is 2.10 bits per heavy atom. The molecule has 3 aliphatic rings. The highest BCUT2D eigenvalue weighted by Crippen LogP contribution is 2.26. The standard InChI is InChI=1S/C20H32N6O3S/c27-20(22-18-8-7-9-21-19(18)23-10-5-6-11-23)24-14-16-26(17-15-24)30(28,29)25-12-3-1-2-4-13-25/h7-9H,1-6,10-17H2,(H,22,27). The van der Waals surface area contributed by atoms with Crippen LogP contribution in [0.3, 0.4) is 0 Å². The third-order valence-corrected chi connectivity index (χ3v) is 8.21. The van der Waals surface area contributed by atoms with Gasteiger partial charge >= 0.3 is 6.03 Å². The molecule has 1 N–H and O–H groups in total. The minimum Gasteiger partial charge on any atom is -0.355 e. The number of amides is 2. The Hall–Kier alpha value is -1.91. The summed E-state index contributed by atoms with van der Waals surface area (Å²) in [6.45, 7) is 4.54. The van der Waals surface area contributed by atoms with Gasteiger partial charge in [-0.2, -0.15) is 17.0 Å². The van der Waals surface area contributed by atoms with Crippen LogP contribution in [-0.2, 0) is 10.2 Å². The van der Waals surface area contributed by atoms with Gasteiger partial charge in [-0.15, -0.1) is 0 Å². The normalized spacial score (nSPS) is 22.1. The van der Waals surface area contributed by atoms with Crippen LogP contribution in [-0.4, -0.2) is 85.3 Å². The summed E-state index contributed by atoms with van der Waals surface area (Å²) in [5.74, 6) is 0.811. The summed E-state index contributed by atoms with van der Waals surface area (Å²) in [6, 6.07) is 3.50. The van der Waals surface area contributed by atoms with E-state index in [1.807, 2.05) is 12.1 Å². The van der Waals surface area contributed by atoms with Gasteiger partial charge in [-0.25, -0.2) is 9.78 Å².